The lowest BCUT2D eigenvalue weighted by Crippen LogP contribution is -2.36. The number of hydrogen-bond donors (Lipinski definition) is 1. The fraction of sp³-hybridized carbons (Fsp3) is 0.381. The van der Waals surface area contributed by atoms with Crippen LogP contribution in [0.5, 0.6) is 5.75 Å². The number of carbonyl (C=O) groups excluding carboxylic acids is 1. The summed E-state index contributed by atoms with van der Waals surface area (Å²) in [4.78, 5) is 14.4. The topological polar surface area (TPSA) is 50.8 Å². The SMILES string of the molecule is COc1ccc(CC(=O)NCCc2ccc(N3CCOCC3)cc2)cc1. The van der Waals surface area contributed by atoms with Gasteiger partial charge in [0.05, 0.1) is 26.7 Å². The highest BCUT2D eigenvalue weighted by atomic mass is 16.5. The molecule has 0 aliphatic carbocycles. The molecule has 26 heavy (non-hydrogen) atoms. The molecule has 1 amide bonds. The number of amides is 1. The highest BCUT2D eigenvalue weighted by Gasteiger charge is 2.10. The molecule has 2 aromatic carbocycles. The van der Waals surface area contributed by atoms with Crippen LogP contribution in [0, 0.1) is 0 Å². The molecule has 1 N–H and O–H groups in total. The molecule has 2 aromatic rings. The average Bonchev–Trinajstić information content (AvgIpc) is 2.70. The summed E-state index contributed by atoms with van der Waals surface area (Å²) in [6, 6.07) is 16.2. The Kier molecular flexibility index (Phi) is 6.50. The Morgan fingerprint density at radius 3 is 2.35 bits per heavy atom. The third-order valence-electron chi connectivity index (χ3n) is 4.57. The second kappa shape index (κ2) is 9.25. The summed E-state index contributed by atoms with van der Waals surface area (Å²) >= 11 is 0. The van der Waals surface area contributed by atoms with Crippen molar-refractivity contribution >= 4 is 11.6 Å². The first-order valence-electron chi connectivity index (χ1n) is 9.06. The molecule has 0 radical (unpaired) electrons. The van der Waals surface area contributed by atoms with Crippen LogP contribution in [0.15, 0.2) is 48.5 Å². The van der Waals surface area contributed by atoms with Crippen LogP contribution >= 0.6 is 0 Å². The maximum Gasteiger partial charge on any atom is 0.224 e. The molecule has 5 nitrogen and oxygen atoms in total. The third-order valence-corrected chi connectivity index (χ3v) is 4.57. The number of ether oxygens (including phenoxy) is 2. The number of morpholine rings is 1. The standard InChI is InChI=1S/C21H26N2O3/c1-25-20-8-4-18(5-9-20)16-21(24)22-11-10-17-2-6-19(7-3-17)23-12-14-26-15-13-23/h2-9H,10-16H2,1H3,(H,22,24). The van der Waals surface area contributed by atoms with Crippen LogP contribution in [0.25, 0.3) is 0 Å². The molecule has 1 aliphatic rings. The van der Waals surface area contributed by atoms with Crippen LogP contribution in [0.2, 0.25) is 0 Å². The summed E-state index contributed by atoms with van der Waals surface area (Å²) in [5.41, 5.74) is 3.45. The van der Waals surface area contributed by atoms with Crippen molar-refractivity contribution in [2.75, 3.05) is 44.9 Å². The fourth-order valence-electron chi connectivity index (χ4n) is 3.03. The predicted octanol–water partition coefficient (Wildman–Crippen LogP) is 2.43. The molecular weight excluding hydrogens is 328 g/mol. The molecule has 0 aromatic heterocycles. The quantitative estimate of drug-likeness (QED) is 0.830. The van der Waals surface area contributed by atoms with Gasteiger partial charge in [-0.25, -0.2) is 0 Å². The van der Waals surface area contributed by atoms with E-state index in [4.69, 9.17) is 9.47 Å². The van der Waals surface area contributed by atoms with Crippen LogP contribution in [0.3, 0.4) is 0 Å². The Balaban J connectivity index is 1.41. The van der Waals surface area contributed by atoms with E-state index in [2.05, 4.69) is 34.5 Å². The zero-order chi connectivity index (χ0) is 18.2. The molecule has 1 saturated heterocycles. The lowest BCUT2D eigenvalue weighted by Gasteiger charge is -2.28. The first kappa shape index (κ1) is 18.3. The van der Waals surface area contributed by atoms with Crippen LogP contribution in [0.1, 0.15) is 11.1 Å². The normalized spacial score (nSPS) is 14.1. The highest BCUT2D eigenvalue weighted by molar-refractivity contribution is 5.78. The zero-order valence-electron chi connectivity index (χ0n) is 15.2. The van der Waals surface area contributed by atoms with Gasteiger partial charge in [-0.3, -0.25) is 4.79 Å². The van der Waals surface area contributed by atoms with Crippen LogP contribution in [-0.2, 0) is 22.4 Å². The summed E-state index contributed by atoms with van der Waals surface area (Å²) in [7, 11) is 1.63. The molecule has 0 spiro atoms. The molecule has 0 bridgehead atoms. The first-order valence-corrected chi connectivity index (χ1v) is 9.06. The number of nitrogens with zero attached hydrogens (tertiary/aromatic N) is 1. The van der Waals surface area contributed by atoms with Gasteiger partial charge in [0.1, 0.15) is 5.75 Å². The Morgan fingerprint density at radius 2 is 1.69 bits per heavy atom. The molecule has 1 aliphatic heterocycles. The zero-order valence-corrected chi connectivity index (χ0v) is 15.2. The minimum absolute atomic E-state index is 0.0418. The van der Waals surface area contributed by atoms with Gasteiger partial charge in [-0.2, -0.15) is 0 Å². The Morgan fingerprint density at radius 1 is 1.04 bits per heavy atom. The highest BCUT2D eigenvalue weighted by Crippen LogP contribution is 2.17. The van der Waals surface area contributed by atoms with Crippen molar-refractivity contribution in [1.82, 2.24) is 5.32 Å². The van der Waals surface area contributed by atoms with E-state index < -0.39 is 0 Å². The Labute approximate surface area is 154 Å². The van der Waals surface area contributed by atoms with Gasteiger partial charge in [-0.15, -0.1) is 0 Å². The summed E-state index contributed by atoms with van der Waals surface area (Å²) < 4.78 is 10.5. The molecular formula is C21H26N2O3. The molecule has 0 saturated carbocycles. The smallest absolute Gasteiger partial charge is 0.224 e. The maximum absolute atomic E-state index is 12.1. The third kappa shape index (κ3) is 5.23. The van der Waals surface area contributed by atoms with Crippen molar-refractivity contribution in [3.8, 4) is 5.75 Å². The number of anilines is 1. The molecule has 0 unspecified atom stereocenters. The molecule has 138 valence electrons. The van der Waals surface area contributed by atoms with Crippen molar-refractivity contribution in [2.45, 2.75) is 12.8 Å². The molecule has 5 heteroatoms. The second-order valence-electron chi connectivity index (χ2n) is 6.39. The average molecular weight is 354 g/mol. The summed E-state index contributed by atoms with van der Waals surface area (Å²) in [6.45, 7) is 4.12. The van der Waals surface area contributed by atoms with Crippen molar-refractivity contribution in [1.29, 1.82) is 0 Å². The number of nitrogens with one attached hydrogen (secondary N) is 1. The van der Waals surface area contributed by atoms with Gasteiger partial charge in [0.25, 0.3) is 0 Å². The fourth-order valence-corrected chi connectivity index (χ4v) is 3.03. The lowest BCUT2D eigenvalue weighted by molar-refractivity contribution is -0.120. The number of carbonyl (C=O) groups is 1. The Bertz CT molecular complexity index is 692. The van der Waals surface area contributed by atoms with Crippen LogP contribution in [0.4, 0.5) is 5.69 Å². The number of benzene rings is 2. The van der Waals surface area contributed by atoms with Gasteiger partial charge in [-0.05, 0) is 41.8 Å². The minimum atomic E-state index is 0.0418. The molecule has 0 atom stereocenters. The van der Waals surface area contributed by atoms with Crippen LogP contribution < -0.4 is 15.0 Å². The maximum atomic E-state index is 12.1. The molecule has 3 rings (SSSR count). The predicted molar refractivity (Wildman–Crippen MR) is 103 cm³/mol. The Hall–Kier alpha value is -2.53. The van der Waals surface area contributed by atoms with E-state index in [1.54, 1.807) is 7.11 Å². The van der Waals surface area contributed by atoms with E-state index in [-0.39, 0.29) is 5.91 Å². The van der Waals surface area contributed by atoms with Crippen molar-refractivity contribution in [2.24, 2.45) is 0 Å². The van der Waals surface area contributed by atoms with E-state index >= 15 is 0 Å². The van der Waals surface area contributed by atoms with Crippen molar-refractivity contribution in [3.63, 3.8) is 0 Å². The van der Waals surface area contributed by atoms with Gasteiger partial charge in [0.2, 0.25) is 5.91 Å². The summed E-state index contributed by atoms with van der Waals surface area (Å²) in [5, 5.41) is 2.99. The second-order valence-corrected chi connectivity index (χ2v) is 6.39. The number of hydrogen-bond acceptors (Lipinski definition) is 4. The summed E-state index contributed by atoms with van der Waals surface area (Å²) in [6.07, 6.45) is 1.22. The van der Waals surface area contributed by atoms with E-state index in [0.29, 0.717) is 13.0 Å². The minimum Gasteiger partial charge on any atom is -0.497 e. The van der Waals surface area contributed by atoms with E-state index in [1.165, 1.54) is 11.3 Å². The number of methoxy groups -OCH3 is 1. The lowest BCUT2D eigenvalue weighted by atomic mass is 10.1. The van der Waals surface area contributed by atoms with E-state index in [1.807, 2.05) is 24.3 Å². The monoisotopic (exact) mass is 354 g/mol. The molecule has 1 heterocycles. The van der Waals surface area contributed by atoms with Gasteiger partial charge in [-0.1, -0.05) is 24.3 Å². The molecule has 1 fully saturated rings. The van der Waals surface area contributed by atoms with Crippen molar-refractivity contribution < 1.29 is 14.3 Å². The van der Waals surface area contributed by atoms with Gasteiger partial charge in [0, 0.05) is 25.3 Å². The van der Waals surface area contributed by atoms with Crippen LogP contribution in [-0.4, -0.2) is 45.9 Å². The van der Waals surface area contributed by atoms with Gasteiger partial charge < -0.3 is 19.7 Å². The van der Waals surface area contributed by atoms with E-state index in [9.17, 15) is 4.79 Å². The van der Waals surface area contributed by atoms with Gasteiger partial charge in [0.15, 0.2) is 0 Å². The first-order chi connectivity index (χ1) is 12.7. The van der Waals surface area contributed by atoms with Crippen molar-refractivity contribution in [3.05, 3.63) is 59.7 Å². The number of rotatable bonds is 7. The van der Waals surface area contributed by atoms with Gasteiger partial charge >= 0.3 is 0 Å². The van der Waals surface area contributed by atoms with E-state index in [0.717, 1.165) is 44.0 Å². The largest absolute Gasteiger partial charge is 0.497 e. The summed E-state index contributed by atoms with van der Waals surface area (Å²) in [5.74, 6) is 0.842.